The highest BCUT2D eigenvalue weighted by Gasteiger charge is 2.42. The van der Waals surface area contributed by atoms with Gasteiger partial charge in [-0.2, -0.15) is 0 Å². The Kier molecular flexibility index (Phi) is 7.61. The minimum Gasteiger partial charge on any atom is -0.493 e. The molecule has 2 aromatic carbocycles. The van der Waals surface area contributed by atoms with Gasteiger partial charge in [0.1, 0.15) is 0 Å². The summed E-state index contributed by atoms with van der Waals surface area (Å²) in [7, 11) is 6.64. The first kappa shape index (κ1) is 26.5. The van der Waals surface area contributed by atoms with Crippen molar-refractivity contribution in [1.82, 2.24) is 9.80 Å². The van der Waals surface area contributed by atoms with Crippen molar-refractivity contribution in [3.8, 4) is 23.0 Å². The van der Waals surface area contributed by atoms with Crippen molar-refractivity contribution in [2.24, 2.45) is 11.8 Å². The molecule has 2 aromatic rings. The Morgan fingerprint density at radius 2 is 1.39 bits per heavy atom. The summed E-state index contributed by atoms with van der Waals surface area (Å²) in [5, 5.41) is 10.2. The van der Waals surface area contributed by atoms with E-state index in [0.29, 0.717) is 36.3 Å². The molecule has 1 amide bonds. The van der Waals surface area contributed by atoms with E-state index in [1.54, 1.807) is 33.3 Å². The zero-order chi connectivity index (χ0) is 27.0. The van der Waals surface area contributed by atoms with Crippen molar-refractivity contribution in [1.29, 1.82) is 0 Å². The van der Waals surface area contributed by atoms with Crippen molar-refractivity contribution in [3.05, 3.63) is 46.5 Å². The number of piperidine rings is 1. The van der Waals surface area contributed by atoms with Gasteiger partial charge in [0.15, 0.2) is 23.0 Å². The number of carbonyl (C=O) groups is 1. The molecule has 0 spiro atoms. The quantitative estimate of drug-likeness (QED) is 0.524. The zero-order valence-corrected chi connectivity index (χ0v) is 23.2. The van der Waals surface area contributed by atoms with Crippen molar-refractivity contribution in [2.75, 3.05) is 48.1 Å². The Hall–Kier alpha value is -3.13. The van der Waals surface area contributed by atoms with Crippen LogP contribution in [0, 0.1) is 11.8 Å². The van der Waals surface area contributed by atoms with Crippen LogP contribution < -0.4 is 18.9 Å². The Morgan fingerprint density at radius 1 is 0.842 bits per heavy atom. The van der Waals surface area contributed by atoms with Crippen molar-refractivity contribution in [2.45, 2.75) is 51.1 Å². The second kappa shape index (κ2) is 10.9. The number of nitrogens with zero attached hydrogens (tertiary/aromatic N) is 2. The smallest absolute Gasteiger partial charge is 0.407 e. The average molecular weight is 525 g/mol. The molecule has 5 rings (SSSR count). The lowest BCUT2D eigenvalue weighted by Gasteiger charge is -2.49. The molecule has 4 atom stereocenters. The van der Waals surface area contributed by atoms with Gasteiger partial charge in [-0.1, -0.05) is 13.3 Å². The third-order valence-electron chi connectivity index (χ3n) is 9.07. The van der Waals surface area contributed by atoms with E-state index < -0.39 is 6.09 Å². The molecule has 4 unspecified atom stereocenters. The van der Waals surface area contributed by atoms with Gasteiger partial charge in [0.05, 0.1) is 34.5 Å². The molecule has 8 nitrogen and oxygen atoms in total. The molecule has 0 aromatic heterocycles. The molecule has 0 aliphatic carbocycles. The highest BCUT2D eigenvalue weighted by Crippen LogP contribution is 2.49. The Morgan fingerprint density at radius 3 is 1.97 bits per heavy atom. The summed E-state index contributed by atoms with van der Waals surface area (Å²) in [6.07, 6.45) is 3.67. The maximum atomic E-state index is 12.4. The third-order valence-corrected chi connectivity index (χ3v) is 9.07. The molecule has 8 heteroatoms. The molecule has 38 heavy (non-hydrogen) atoms. The molecule has 3 aliphatic rings. The molecule has 1 fully saturated rings. The molecule has 206 valence electrons. The number of carboxylic acid groups (broad SMARTS) is 1. The van der Waals surface area contributed by atoms with Crippen LogP contribution in [0.25, 0.3) is 0 Å². The summed E-state index contributed by atoms with van der Waals surface area (Å²) in [5.41, 5.74) is 4.84. The molecule has 0 saturated carbocycles. The average Bonchev–Trinajstić information content (AvgIpc) is 2.94. The van der Waals surface area contributed by atoms with Crippen LogP contribution in [0.4, 0.5) is 4.79 Å². The number of ether oxygens (including phenoxy) is 4. The topological polar surface area (TPSA) is 80.7 Å². The highest BCUT2D eigenvalue weighted by atomic mass is 16.5. The van der Waals surface area contributed by atoms with E-state index in [1.807, 2.05) is 12.1 Å². The molecule has 0 radical (unpaired) electrons. The zero-order valence-electron chi connectivity index (χ0n) is 23.2. The van der Waals surface area contributed by atoms with Gasteiger partial charge >= 0.3 is 6.09 Å². The van der Waals surface area contributed by atoms with Crippen LogP contribution in [0.3, 0.4) is 0 Å². The fourth-order valence-corrected chi connectivity index (χ4v) is 7.05. The van der Waals surface area contributed by atoms with Gasteiger partial charge in [-0.3, -0.25) is 4.90 Å². The molecule has 1 N–H and O–H groups in total. The summed E-state index contributed by atoms with van der Waals surface area (Å²) in [4.78, 5) is 16.7. The van der Waals surface area contributed by atoms with Crippen molar-refractivity contribution in [3.63, 3.8) is 0 Å². The fourth-order valence-electron chi connectivity index (χ4n) is 7.05. The third kappa shape index (κ3) is 4.64. The first-order valence-corrected chi connectivity index (χ1v) is 13.6. The molecule has 3 aliphatic heterocycles. The number of methoxy groups -OCH3 is 4. The second-order valence-electron chi connectivity index (χ2n) is 10.7. The largest absolute Gasteiger partial charge is 0.493 e. The van der Waals surface area contributed by atoms with Crippen LogP contribution in [-0.4, -0.2) is 69.1 Å². The standard InChI is InChI=1S/C30H40N2O6/c1-6-18-17-31-9-7-19-13-26(35-2)28(37-4)15-22(19)24(31)11-21(18)12-25-23-16-29(38-5)27(36-3)14-20(23)8-10-32(25)30(33)34/h13-16,18,21,24-25H,6-12,17H2,1-5H3,(H,33,34). The normalized spacial score (nSPS) is 24.6. The minimum atomic E-state index is -0.860. The summed E-state index contributed by atoms with van der Waals surface area (Å²) in [6, 6.07) is 8.39. The summed E-state index contributed by atoms with van der Waals surface area (Å²) in [6.45, 7) is 4.81. The molecular weight excluding hydrogens is 484 g/mol. The van der Waals surface area contributed by atoms with Gasteiger partial charge in [0.2, 0.25) is 0 Å². The lowest BCUT2D eigenvalue weighted by Crippen LogP contribution is -2.47. The van der Waals surface area contributed by atoms with Gasteiger partial charge in [-0.25, -0.2) is 4.79 Å². The van der Waals surface area contributed by atoms with E-state index in [1.165, 1.54) is 11.1 Å². The summed E-state index contributed by atoms with van der Waals surface area (Å²) in [5.74, 6) is 3.77. The molecule has 3 heterocycles. The van der Waals surface area contributed by atoms with Crippen molar-refractivity contribution < 1.29 is 28.8 Å². The van der Waals surface area contributed by atoms with Gasteiger partial charge in [0, 0.05) is 25.7 Å². The SMILES string of the molecule is CCC1CN2CCc3cc(OC)c(OC)cc3C2CC1CC1c2cc(OC)c(OC)cc2CCN1C(=O)O. The van der Waals surface area contributed by atoms with Gasteiger partial charge in [0.25, 0.3) is 0 Å². The molecular formula is C30H40N2O6. The van der Waals surface area contributed by atoms with E-state index in [-0.39, 0.29) is 12.1 Å². The predicted molar refractivity (Wildman–Crippen MR) is 145 cm³/mol. The van der Waals surface area contributed by atoms with Crippen LogP contribution in [-0.2, 0) is 12.8 Å². The minimum absolute atomic E-state index is 0.213. The summed E-state index contributed by atoms with van der Waals surface area (Å²) >= 11 is 0. The van der Waals surface area contributed by atoms with Gasteiger partial charge < -0.3 is 29.0 Å². The van der Waals surface area contributed by atoms with Crippen LogP contribution >= 0.6 is 0 Å². The number of amides is 1. The van der Waals surface area contributed by atoms with Crippen molar-refractivity contribution >= 4 is 6.09 Å². The maximum Gasteiger partial charge on any atom is 0.407 e. The lowest BCUT2D eigenvalue weighted by molar-refractivity contribution is 0.0316. The fraction of sp³-hybridized carbons (Fsp3) is 0.567. The second-order valence-corrected chi connectivity index (χ2v) is 10.7. The van der Waals surface area contributed by atoms with Crippen LogP contribution in [0.2, 0.25) is 0 Å². The number of fused-ring (bicyclic) bond motifs is 4. The molecule has 1 saturated heterocycles. The number of hydrogen-bond donors (Lipinski definition) is 1. The monoisotopic (exact) mass is 524 g/mol. The Labute approximate surface area is 225 Å². The maximum absolute atomic E-state index is 12.4. The molecule has 0 bridgehead atoms. The van der Waals surface area contributed by atoms with E-state index in [9.17, 15) is 9.90 Å². The number of hydrogen-bond acceptors (Lipinski definition) is 6. The Bertz CT molecular complexity index is 1180. The predicted octanol–water partition coefficient (Wildman–Crippen LogP) is 5.33. The number of rotatable bonds is 7. The van der Waals surface area contributed by atoms with Crippen LogP contribution in [0.5, 0.6) is 23.0 Å². The van der Waals surface area contributed by atoms with E-state index in [2.05, 4.69) is 24.0 Å². The van der Waals surface area contributed by atoms with Gasteiger partial charge in [-0.05, 0) is 84.0 Å². The highest BCUT2D eigenvalue weighted by molar-refractivity contribution is 5.67. The number of benzene rings is 2. The summed E-state index contributed by atoms with van der Waals surface area (Å²) < 4.78 is 22.4. The van der Waals surface area contributed by atoms with Crippen LogP contribution in [0.15, 0.2) is 24.3 Å². The van der Waals surface area contributed by atoms with Crippen LogP contribution in [0.1, 0.15) is 60.5 Å². The first-order valence-electron chi connectivity index (χ1n) is 13.6. The van der Waals surface area contributed by atoms with E-state index in [4.69, 9.17) is 18.9 Å². The Balaban J connectivity index is 1.49. The van der Waals surface area contributed by atoms with E-state index >= 15 is 0 Å². The lowest BCUT2D eigenvalue weighted by atomic mass is 9.72. The first-order chi connectivity index (χ1) is 18.4. The van der Waals surface area contributed by atoms with Gasteiger partial charge in [-0.15, -0.1) is 0 Å². The van der Waals surface area contributed by atoms with E-state index in [0.717, 1.165) is 61.4 Å².